The number of halogens is 3. The summed E-state index contributed by atoms with van der Waals surface area (Å²) in [5.74, 6) is -1.62. The van der Waals surface area contributed by atoms with Gasteiger partial charge in [0.25, 0.3) is 5.91 Å². The summed E-state index contributed by atoms with van der Waals surface area (Å²) in [4.78, 5) is 38.2. The van der Waals surface area contributed by atoms with Crippen LogP contribution in [0.5, 0.6) is 0 Å². The van der Waals surface area contributed by atoms with Crippen molar-refractivity contribution in [1.82, 2.24) is 15.1 Å². The van der Waals surface area contributed by atoms with Crippen LogP contribution >= 0.6 is 0 Å². The molecule has 0 aromatic carbocycles. The molecule has 1 heterocycles. The van der Waals surface area contributed by atoms with Gasteiger partial charge >= 0.3 is 12.2 Å². The summed E-state index contributed by atoms with van der Waals surface area (Å²) in [5, 5.41) is 2.71. The van der Waals surface area contributed by atoms with Crippen molar-refractivity contribution in [3.8, 4) is 0 Å². The topological polar surface area (TPSA) is 69.7 Å². The van der Waals surface area contributed by atoms with Crippen LogP contribution in [0, 0.1) is 11.8 Å². The highest BCUT2D eigenvalue weighted by Gasteiger charge is 2.58. The van der Waals surface area contributed by atoms with E-state index in [1.807, 2.05) is 13.8 Å². The van der Waals surface area contributed by atoms with Gasteiger partial charge in [-0.05, 0) is 24.7 Å². The van der Waals surface area contributed by atoms with Gasteiger partial charge < -0.3 is 10.2 Å². The summed E-state index contributed by atoms with van der Waals surface area (Å²) in [6.45, 7) is 1.63. The van der Waals surface area contributed by atoms with Gasteiger partial charge in [0.05, 0.1) is 0 Å². The molecule has 0 radical (unpaired) electrons. The van der Waals surface area contributed by atoms with E-state index in [2.05, 4.69) is 5.32 Å². The second kappa shape index (κ2) is 6.25. The number of alkyl halides is 3. The number of amides is 4. The number of hydrogen-bond acceptors (Lipinski definition) is 3. The molecule has 0 aromatic heterocycles. The highest BCUT2D eigenvalue weighted by atomic mass is 19.4. The maximum atomic E-state index is 12.8. The summed E-state index contributed by atoms with van der Waals surface area (Å²) >= 11 is 0. The van der Waals surface area contributed by atoms with Gasteiger partial charge in [0.1, 0.15) is 18.6 Å². The zero-order valence-electron chi connectivity index (χ0n) is 13.9. The number of hydrogen-bond donors (Lipinski definition) is 1. The summed E-state index contributed by atoms with van der Waals surface area (Å²) < 4.78 is 37.1. The minimum absolute atomic E-state index is 0.0919. The van der Waals surface area contributed by atoms with Crippen LogP contribution in [-0.4, -0.2) is 59.5 Å². The first-order valence-electron chi connectivity index (χ1n) is 7.94. The Hall–Kier alpha value is -1.80. The fourth-order valence-corrected chi connectivity index (χ4v) is 3.71. The number of carbonyl (C=O) groups is 3. The van der Waals surface area contributed by atoms with Crippen molar-refractivity contribution in [2.75, 3.05) is 20.1 Å². The monoisotopic (exact) mass is 349 g/mol. The van der Waals surface area contributed by atoms with Gasteiger partial charge in [0.2, 0.25) is 5.91 Å². The third-order valence-corrected chi connectivity index (χ3v) is 5.12. The molecule has 2 rings (SSSR count). The van der Waals surface area contributed by atoms with E-state index in [1.54, 1.807) is 0 Å². The largest absolute Gasteiger partial charge is 0.406 e. The molecule has 1 saturated carbocycles. The van der Waals surface area contributed by atoms with Crippen molar-refractivity contribution in [2.45, 2.75) is 44.8 Å². The first-order chi connectivity index (χ1) is 11.0. The summed E-state index contributed by atoms with van der Waals surface area (Å²) in [6, 6.07) is -0.714. The summed E-state index contributed by atoms with van der Waals surface area (Å²) in [5.41, 5.74) is -1.06. The predicted molar refractivity (Wildman–Crippen MR) is 78.8 cm³/mol. The Balaban J connectivity index is 2.13. The minimum atomic E-state index is -4.53. The number of nitrogens with zero attached hydrogens (tertiary/aromatic N) is 2. The Kier molecular flexibility index (Phi) is 4.83. The van der Waals surface area contributed by atoms with E-state index in [1.165, 1.54) is 0 Å². The number of carbonyl (C=O) groups excluding carboxylic acids is 3. The minimum Gasteiger partial charge on any atom is -0.335 e. The third-order valence-electron chi connectivity index (χ3n) is 5.12. The molecule has 0 aromatic rings. The van der Waals surface area contributed by atoms with E-state index in [0.717, 1.165) is 31.2 Å². The smallest absolute Gasteiger partial charge is 0.335 e. The molecule has 2 atom stereocenters. The Labute approximate surface area is 138 Å². The van der Waals surface area contributed by atoms with Crippen molar-refractivity contribution in [2.24, 2.45) is 11.8 Å². The van der Waals surface area contributed by atoms with E-state index < -0.39 is 42.7 Å². The average Bonchev–Trinajstić information content (AvgIpc) is 2.69. The van der Waals surface area contributed by atoms with Gasteiger partial charge in [-0.1, -0.05) is 20.3 Å². The van der Waals surface area contributed by atoms with Crippen molar-refractivity contribution in [1.29, 1.82) is 0 Å². The van der Waals surface area contributed by atoms with Gasteiger partial charge in [0, 0.05) is 7.05 Å². The number of urea groups is 1. The van der Waals surface area contributed by atoms with Crippen LogP contribution in [0.25, 0.3) is 0 Å². The summed E-state index contributed by atoms with van der Waals surface area (Å²) in [7, 11) is 0.996. The molecule has 9 heteroatoms. The maximum absolute atomic E-state index is 12.8. The molecule has 1 aliphatic carbocycles. The molecule has 1 saturated heterocycles. The first kappa shape index (κ1) is 18.5. The highest BCUT2D eigenvalue weighted by Crippen LogP contribution is 2.42. The third kappa shape index (κ3) is 3.21. The van der Waals surface area contributed by atoms with E-state index in [-0.39, 0.29) is 11.8 Å². The van der Waals surface area contributed by atoms with Crippen LogP contribution in [0.1, 0.15) is 33.1 Å². The SMILES string of the molecule is CC1CCCC(C)C12NC(=O)N(CC(=O)N(C)CC(F)(F)F)C2=O. The standard InChI is InChI=1S/C15H22F3N3O3/c1-9-5-4-6-10(2)15(9)12(23)21(13(24)19-15)7-11(22)20(3)8-14(16,17)18/h9-10H,4-8H2,1-3H3,(H,19,24). The Morgan fingerprint density at radius 1 is 1.29 bits per heavy atom. The molecule has 136 valence electrons. The van der Waals surface area contributed by atoms with Crippen molar-refractivity contribution in [3.63, 3.8) is 0 Å². The van der Waals surface area contributed by atoms with Gasteiger partial charge in [-0.3, -0.25) is 14.5 Å². The average molecular weight is 349 g/mol. The number of nitrogens with one attached hydrogen (secondary N) is 1. The number of imide groups is 1. The lowest BCUT2D eigenvalue weighted by atomic mass is 9.67. The highest BCUT2D eigenvalue weighted by molar-refractivity contribution is 6.09. The van der Waals surface area contributed by atoms with E-state index in [4.69, 9.17) is 0 Å². The van der Waals surface area contributed by atoms with E-state index in [9.17, 15) is 27.6 Å². The molecule has 6 nitrogen and oxygen atoms in total. The number of rotatable bonds is 3. The maximum Gasteiger partial charge on any atom is 0.406 e. The molecule has 1 N–H and O–H groups in total. The van der Waals surface area contributed by atoms with E-state index in [0.29, 0.717) is 4.90 Å². The molecular formula is C15H22F3N3O3. The van der Waals surface area contributed by atoms with Crippen LogP contribution in [0.15, 0.2) is 0 Å². The Bertz CT molecular complexity index is 540. The Morgan fingerprint density at radius 3 is 2.33 bits per heavy atom. The molecule has 24 heavy (non-hydrogen) atoms. The van der Waals surface area contributed by atoms with Crippen LogP contribution in [0.3, 0.4) is 0 Å². The fourth-order valence-electron chi connectivity index (χ4n) is 3.71. The van der Waals surface area contributed by atoms with Crippen LogP contribution in [-0.2, 0) is 9.59 Å². The summed E-state index contributed by atoms with van der Waals surface area (Å²) in [6.07, 6.45) is -2.05. The fraction of sp³-hybridized carbons (Fsp3) is 0.800. The van der Waals surface area contributed by atoms with Crippen LogP contribution in [0.4, 0.5) is 18.0 Å². The number of likely N-dealkylation sites (N-methyl/N-ethyl adjacent to an activating group) is 1. The molecule has 2 fully saturated rings. The lowest BCUT2D eigenvalue weighted by Crippen LogP contribution is -2.59. The zero-order valence-corrected chi connectivity index (χ0v) is 13.9. The van der Waals surface area contributed by atoms with Crippen molar-refractivity contribution >= 4 is 17.8 Å². The lowest BCUT2D eigenvalue weighted by molar-refractivity contribution is -0.159. The van der Waals surface area contributed by atoms with E-state index >= 15 is 0 Å². The van der Waals surface area contributed by atoms with Gasteiger partial charge in [0.15, 0.2) is 0 Å². The molecule has 1 spiro atoms. The first-order valence-corrected chi connectivity index (χ1v) is 7.94. The van der Waals surface area contributed by atoms with Crippen molar-refractivity contribution in [3.05, 3.63) is 0 Å². The van der Waals surface area contributed by atoms with Gasteiger partial charge in [-0.25, -0.2) is 4.79 Å². The molecule has 4 amide bonds. The second-order valence-corrected chi connectivity index (χ2v) is 6.79. The Morgan fingerprint density at radius 2 is 1.83 bits per heavy atom. The van der Waals surface area contributed by atoms with Gasteiger partial charge in [-0.15, -0.1) is 0 Å². The molecule has 0 bridgehead atoms. The van der Waals surface area contributed by atoms with Crippen molar-refractivity contribution < 1.29 is 27.6 Å². The molecular weight excluding hydrogens is 327 g/mol. The molecule has 1 aliphatic heterocycles. The lowest BCUT2D eigenvalue weighted by Gasteiger charge is -2.42. The zero-order chi connectivity index (χ0) is 18.3. The molecule has 2 aliphatic rings. The quantitative estimate of drug-likeness (QED) is 0.790. The van der Waals surface area contributed by atoms with Crippen LogP contribution < -0.4 is 5.32 Å². The predicted octanol–water partition coefficient (Wildman–Crippen LogP) is 1.75. The normalized spacial score (nSPS) is 30.7. The molecule has 2 unspecified atom stereocenters. The second-order valence-electron chi connectivity index (χ2n) is 6.79. The van der Waals surface area contributed by atoms with Gasteiger partial charge in [-0.2, -0.15) is 13.2 Å². The van der Waals surface area contributed by atoms with Crippen LogP contribution in [0.2, 0.25) is 0 Å².